The van der Waals surface area contributed by atoms with Gasteiger partial charge < -0.3 is 20.8 Å². The third kappa shape index (κ3) is 6.11. The summed E-state index contributed by atoms with van der Waals surface area (Å²) in [5.41, 5.74) is 0. The van der Waals surface area contributed by atoms with E-state index in [-0.39, 0.29) is 19.0 Å². The third-order valence-corrected chi connectivity index (χ3v) is 3.93. The molecule has 0 bridgehead atoms. The van der Waals surface area contributed by atoms with Gasteiger partial charge in [-0.3, -0.25) is 0 Å². The molecule has 6 nitrogen and oxygen atoms in total. The van der Waals surface area contributed by atoms with Crippen molar-refractivity contribution >= 4 is 23.8 Å². The number of amides is 2. The van der Waals surface area contributed by atoms with E-state index < -0.39 is 12.1 Å². The lowest BCUT2D eigenvalue weighted by Crippen LogP contribution is -2.40. The van der Waals surface area contributed by atoms with Gasteiger partial charge in [-0.05, 0) is 30.3 Å². The molecule has 0 radical (unpaired) electrons. The van der Waals surface area contributed by atoms with E-state index in [4.69, 9.17) is 10.2 Å². The van der Waals surface area contributed by atoms with Crippen LogP contribution in [0.15, 0.2) is 0 Å². The molecule has 1 saturated heterocycles. The van der Waals surface area contributed by atoms with E-state index in [1.165, 1.54) is 0 Å². The average molecular weight is 276 g/mol. The Hall–Kier alpha value is -0.950. The molecular formula is C11H20N2O4S. The van der Waals surface area contributed by atoms with Gasteiger partial charge in [-0.2, -0.15) is 11.8 Å². The highest BCUT2D eigenvalue weighted by Gasteiger charge is 2.15. The van der Waals surface area contributed by atoms with Crippen molar-refractivity contribution in [3.8, 4) is 0 Å². The van der Waals surface area contributed by atoms with E-state index in [0.717, 1.165) is 24.3 Å². The number of thioether (sulfide) groups is 1. The highest BCUT2D eigenvalue weighted by atomic mass is 32.2. The first-order valence-electron chi connectivity index (χ1n) is 6.10. The molecule has 0 aromatic heterocycles. The molecule has 1 aliphatic rings. The second kappa shape index (κ2) is 8.20. The summed E-state index contributed by atoms with van der Waals surface area (Å²) in [6.45, 7) is 0.813. The predicted octanol–water partition coefficient (Wildman–Crippen LogP) is 0.264. The van der Waals surface area contributed by atoms with Crippen LogP contribution in [0.5, 0.6) is 0 Å². The Bertz CT molecular complexity index is 282. The summed E-state index contributed by atoms with van der Waals surface area (Å²) >= 11 is 1.94. The number of carboxylic acid groups (broad SMARTS) is 1. The maximum atomic E-state index is 11.4. The van der Waals surface area contributed by atoms with Gasteiger partial charge in [-0.25, -0.2) is 9.59 Å². The largest absolute Gasteiger partial charge is 0.479 e. The summed E-state index contributed by atoms with van der Waals surface area (Å²) in [5, 5.41) is 22.7. The van der Waals surface area contributed by atoms with Gasteiger partial charge in [0.05, 0.1) is 0 Å². The van der Waals surface area contributed by atoms with Crippen LogP contribution in [0.25, 0.3) is 0 Å². The van der Waals surface area contributed by atoms with Crippen molar-refractivity contribution in [3.63, 3.8) is 0 Å². The van der Waals surface area contributed by atoms with Crippen LogP contribution in [-0.2, 0) is 4.79 Å². The van der Waals surface area contributed by atoms with E-state index in [1.54, 1.807) is 0 Å². The fraction of sp³-hybridized carbons (Fsp3) is 0.818. The number of carboxylic acids is 1. The third-order valence-electron chi connectivity index (χ3n) is 2.88. The Kier molecular flexibility index (Phi) is 6.89. The number of urea groups is 1. The lowest BCUT2D eigenvalue weighted by molar-refractivity contribution is -0.146. The van der Waals surface area contributed by atoms with E-state index >= 15 is 0 Å². The molecule has 0 aromatic rings. The molecule has 4 N–H and O–H groups in total. The van der Waals surface area contributed by atoms with E-state index in [1.807, 2.05) is 11.8 Å². The van der Waals surface area contributed by atoms with Gasteiger partial charge in [0.1, 0.15) is 0 Å². The van der Waals surface area contributed by atoms with Crippen LogP contribution >= 0.6 is 11.8 Å². The molecule has 1 heterocycles. The number of aliphatic hydroxyl groups is 1. The van der Waals surface area contributed by atoms with Crippen molar-refractivity contribution < 1.29 is 19.8 Å². The lowest BCUT2D eigenvalue weighted by atomic mass is 10.0. The second-order valence-electron chi connectivity index (χ2n) is 4.34. The number of nitrogens with one attached hydrogen (secondary N) is 2. The SMILES string of the molecule is O=C(NCC[C@H](O)C(=O)O)NCC1CCSCC1. The zero-order valence-corrected chi connectivity index (χ0v) is 11.0. The van der Waals surface area contributed by atoms with Crippen molar-refractivity contribution in [2.75, 3.05) is 24.6 Å². The van der Waals surface area contributed by atoms with Crippen LogP contribution in [0.2, 0.25) is 0 Å². The van der Waals surface area contributed by atoms with Crippen LogP contribution < -0.4 is 10.6 Å². The van der Waals surface area contributed by atoms with Crippen molar-refractivity contribution in [1.29, 1.82) is 0 Å². The fourth-order valence-corrected chi connectivity index (χ4v) is 2.90. The zero-order valence-electron chi connectivity index (χ0n) is 10.2. The molecule has 0 aromatic carbocycles. The van der Waals surface area contributed by atoms with Gasteiger partial charge in [0, 0.05) is 19.5 Å². The molecule has 1 aliphatic heterocycles. The Labute approximate surface area is 111 Å². The van der Waals surface area contributed by atoms with Crippen molar-refractivity contribution in [1.82, 2.24) is 10.6 Å². The zero-order chi connectivity index (χ0) is 13.4. The Morgan fingerprint density at radius 3 is 2.56 bits per heavy atom. The van der Waals surface area contributed by atoms with Crippen LogP contribution in [0.1, 0.15) is 19.3 Å². The number of rotatable bonds is 6. The van der Waals surface area contributed by atoms with Gasteiger partial charge in [0.25, 0.3) is 0 Å². The molecule has 1 rings (SSSR count). The summed E-state index contributed by atoms with van der Waals surface area (Å²) in [5.74, 6) is 1.58. The summed E-state index contributed by atoms with van der Waals surface area (Å²) in [7, 11) is 0. The van der Waals surface area contributed by atoms with Gasteiger partial charge in [-0.1, -0.05) is 0 Å². The van der Waals surface area contributed by atoms with Gasteiger partial charge in [0.2, 0.25) is 0 Å². The monoisotopic (exact) mass is 276 g/mol. The molecule has 1 atom stereocenters. The standard InChI is InChI=1S/C11H20N2O4S/c14-9(10(15)16)1-4-12-11(17)13-7-8-2-5-18-6-3-8/h8-9,14H,1-7H2,(H,15,16)(H2,12,13,17)/t9-/m0/s1. The second-order valence-corrected chi connectivity index (χ2v) is 5.56. The first kappa shape index (κ1) is 15.1. The van der Waals surface area contributed by atoms with Crippen molar-refractivity contribution in [3.05, 3.63) is 0 Å². The first-order chi connectivity index (χ1) is 8.59. The topological polar surface area (TPSA) is 98.7 Å². The number of carbonyl (C=O) groups is 2. The molecule has 18 heavy (non-hydrogen) atoms. The van der Waals surface area contributed by atoms with E-state index in [2.05, 4.69) is 10.6 Å². The maximum Gasteiger partial charge on any atom is 0.332 e. The Morgan fingerprint density at radius 1 is 1.28 bits per heavy atom. The quantitative estimate of drug-likeness (QED) is 0.558. The smallest absolute Gasteiger partial charge is 0.332 e. The number of hydrogen-bond acceptors (Lipinski definition) is 4. The molecular weight excluding hydrogens is 256 g/mol. The minimum absolute atomic E-state index is 0.0167. The van der Waals surface area contributed by atoms with Gasteiger partial charge in [-0.15, -0.1) is 0 Å². The minimum atomic E-state index is -1.42. The number of aliphatic hydroxyl groups excluding tert-OH is 1. The van der Waals surface area contributed by atoms with Crippen LogP contribution in [-0.4, -0.2) is 52.9 Å². The van der Waals surface area contributed by atoms with Gasteiger partial charge in [0.15, 0.2) is 6.10 Å². The minimum Gasteiger partial charge on any atom is -0.479 e. The summed E-state index contributed by atoms with van der Waals surface area (Å²) in [4.78, 5) is 21.7. The van der Waals surface area contributed by atoms with Crippen LogP contribution in [0, 0.1) is 5.92 Å². The number of carbonyl (C=O) groups excluding carboxylic acids is 1. The molecule has 1 fully saturated rings. The molecule has 0 unspecified atom stereocenters. The van der Waals surface area contributed by atoms with E-state index in [9.17, 15) is 9.59 Å². The molecule has 0 spiro atoms. The predicted molar refractivity (Wildman–Crippen MR) is 69.7 cm³/mol. The number of hydrogen-bond donors (Lipinski definition) is 4. The molecule has 0 saturated carbocycles. The highest BCUT2D eigenvalue weighted by molar-refractivity contribution is 7.99. The average Bonchev–Trinajstić information content (AvgIpc) is 2.37. The van der Waals surface area contributed by atoms with Crippen LogP contribution in [0.4, 0.5) is 4.79 Å². The summed E-state index contributed by atoms with van der Waals surface area (Å²) in [6.07, 6.45) is 0.856. The highest BCUT2D eigenvalue weighted by Crippen LogP contribution is 2.21. The Balaban J connectivity index is 2.04. The molecule has 104 valence electrons. The summed E-state index contributed by atoms with van der Waals surface area (Å²) in [6, 6.07) is -0.300. The van der Waals surface area contributed by atoms with Gasteiger partial charge >= 0.3 is 12.0 Å². The number of aliphatic carboxylic acids is 1. The summed E-state index contributed by atoms with van der Waals surface area (Å²) < 4.78 is 0. The normalized spacial score (nSPS) is 18.1. The molecule has 7 heteroatoms. The lowest BCUT2D eigenvalue weighted by Gasteiger charge is -2.21. The van der Waals surface area contributed by atoms with E-state index in [0.29, 0.717) is 12.5 Å². The fourth-order valence-electron chi connectivity index (χ4n) is 1.70. The maximum absolute atomic E-state index is 11.4. The molecule has 2 amide bonds. The van der Waals surface area contributed by atoms with Crippen LogP contribution in [0.3, 0.4) is 0 Å². The van der Waals surface area contributed by atoms with Crippen molar-refractivity contribution in [2.45, 2.75) is 25.4 Å². The first-order valence-corrected chi connectivity index (χ1v) is 7.25. The Morgan fingerprint density at radius 2 is 1.94 bits per heavy atom. The molecule has 0 aliphatic carbocycles. The van der Waals surface area contributed by atoms with Crippen molar-refractivity contribution in [2.24, 2.45) is 5.92 Å².